The number of ether oxygens (including phenoxy) is 1. The lowest BCUT2D eigenvalue weighted by molar-refractivity contribution is 0.0974. The lowest BCUT2D eigenvalue weighted by Gasteiger charge is -2.29. The molecule has 5 heteroatoms. The number of ketones is 2. The molecule has 1 fully saturated rings. The van der Waals surface area contributed by atoms with Gasteiger partial charge >= 0.3 is 0 Å². The molecular formula is C39H40O4S. The Balaban J connectivity index is 1.15. The topological polar surface area (TPSA) is 63.6 Å². The molecule has 0 radical (unpaired) electrons. The van der Waals surface area contributed by atoms with Gasteiger partial charge < -0.3 is 9.84 Å². The summed E-state index contributed by atoms with van der Waals surface area (Å²) in [4.78, 5) is 28.2. The van der Waals surface area contributed by atoms with E-state index in [-0.39, 0.29) is 28.4 Å². The largest absolute Gasteiger partial charge is 0.507 e. The van der Waals surface area contributed by atoms with E-state index in [4.69, 9.17) is 4.74 Å². The molecule has 2 aliphatic rings. The van der Waals surface area contributed by atoms with E-state index >= 15 is 0 Å². The molecule has 0 aromatic heterocycles. The van der Waals surface area contributed by atoms with Crippen LogP contribution in [0.5, 0.6) is 11.5 Å². The van der Waals surface area contributed by atoms with Gasteiger partial charge in [-0.15, -0.1) is 0 Å². The number of phenolic OH excluding ortho intramolecular Hbond substituents is 1. The molecule has 0 bridgehead atoms. The minimum absolute atomic E-state index is 0.0863. The molecule has 0 unspecified atom stereocenters. The Morgan fingerprint density at radius 2 is 1.39 bits per heavy atom. The zero-order valence-electron chi connectivity index (χ0n) is 25.8. The molecule has 44 heavy (non-hydrogen) atoms. The van der Waals surface area contributed by atoms with Crippen LogP contribution in [0.15, 0.2) is 82.6 Å². The zero-order chi connectivity index (χ0) is 30.8. The van der Waals surface area contributed by atoms with Crippen molar-refractivity contribution in [3.63, 3.8) is 0 Å². The van der Waals surface area contributed by atoms with Gasteiger partial charge in [-0.1, -0.05) is 87.2 Å². The number of unbranched alkanes of at least 4 members (excludes halogenated alkanes) is 1. The molecule has 4 aromatic carbocycles. The second-order valence-corrected chi connectivity index (χ2v) is 13.6. The second kappa shape index (κ2) is 13.0. The predicted octanol–water partition coefficient (Wildman–Crippen LogP) is 9.98. The average Bonchev–Trinajstić information content (AvgIpc) is 3.04. The highest BCUT2D eigenvalue weighted by atomic mass is 32.2. The van der Waals surface area contributed by atoms with Crippen molar-refractivity contribution >= 4 is 23.3 Å². The summed E-state index contributed by atoms with van der Waals surface area (Å²) in [6.45, 7) is 7.33. The number of benzene rings is 4. The van der Waals surface area contributed by atoms with Gasteiger partial charge in [-0.3, -0.25) is 9.59 Å². The summed E-state index contributed by atoms with van der Waals surface area (Å²) in [5, 5.41) is 10.5. The Bertz CT molecular complexity index is 1670. The summed E-state index contributed by atoms with van der Waals surface area (Å²) in [6.07, 6.45) is 9.28. The van der Waals surface area contributed by atoms with Crippen LogP contribution in [0.4, 0.5) is 0 Å². The van der Waals surface area contributed by atoms with E-state index in [0.717, 1.165) is 45.4 Å². The molecule has 4 nitrogen and oxygen atoms in total. The van der Waals surface area contributed by atoms with Crippen LogP contribution in [0.2, 0.25) is 0 Å². The monoisotopic (exact) mass is 604 g/mol. The minimum atomic E-state index is -0.321. The number of rotatable bonds is 9. The molecule has 0 aliphatic heterocycles. The molecule has 4 aromatic rings. The summed E-state index contributed by atoms with van der Waals surface area (Å²) in [7, 11) is 0. The van der Waals surface area contributed by atoms with Gasteiger partial charge in [0.05, 0.1) is 17.7 Å². The molecular weight excluding hydrogens is 564 g/mol. The maximum Gasteiger partial charge on any atom is 0.198 e. The quantitative estimate of drug-likeness (QED) is 0.181. The highest BCUT2D eigenvalue weighted by Crippen LogP contribution is 2.41. The molecule has 0 amide bonds. The maximum absolute atomic E-state index is 13.4. The number of aromatic hydroxyl groups is 1. The first-order valence-corrected chi connectivity index (χ1v) is 16.7. The number of phenols is 1. The van der Waals surface area contributed by atoms with Crippen LogP contribution in [-0.4, -0.2) is 23.3 Å². The molecule has 6 rings (SSSR count). The Hall–Kier alpha value is -3.83. The maximum atomic E-state index is 13.4. The summed E-state index contributed by atoms with van der Waals surface area (Å²) < 4.78 is 6.42. The van der Waals surface area contributed by atoms with Gasteiger partial charge in [0.25, 0.3) is 0 Å². The van der Waals surface area contributed by atoms with Gasteiger partial charge in [0, 0.05) is 20.9 Å². The standard InChI is InChI=1S/C39H40O4S/c1-4-5-8-26-11-13-27(14-12-26)23-43-39-24(2)21-29(22-25(39)3)28-15-17-30(18-16-28)44-34-20-19-33(40)35-36(34)38(42)32-10-7-6-9-31(32)37(35)41/h6-7,9-10,15-22,26-27,40H,4-5,8,11-14,23H2,1-3H3. The SMILES string of the molecule is CCCCC1CCC(COc2c(C)cc(-c3ccc(Sc4ccc(O)c5c4C(=O)c4ccccc4C5=O)cc3)cc2C)CC1. The number of hydrogen-bond donors (Lipinski definition) is 1. The third-order valence-electron chi connectivity index (χ3n) is 9.29. The molecule has 0 atom stereocenters. The first kappa shape index (κ1) is 30.2. The predicted molar refractivity (Wildman–Crippen MR) is 177 cm³/mol. The molecule has 0 saturated heterocycles. The molecule has 2 aliphatic carbocycles. The number of fused-ring (bicyclic) bond motifs is 2. The number of carbonyl (C=O) groups excluding carboxylic acids is 2. The summed E-state index contributed by atoms with van der Waals surface area (Å²) >= 11 is 1.42. The van der Waals surface area contributed by atoms with E-state index in [1.54, 1.807) is 30.3 Å². The smallest absolute Gasteiger partial charge is 0.198 e. The van der Waals surface area contributed by atoms with Crippen molar-refractivity contribution in [1.82, 2.24) is 0 Å². The fraction of sp³-hybridized carbons (Fsp3) is 0.333. The number of aryl methyl sites for hydroxylation is 2. The van der Waals surface area contributed by atoms with E-state index < -0.39 is 0 Å². The lowest BCUT2D eigenvalue weighted by Crippen LogP contribution is -2.21. The average molecular weight is 605 g/mol. The van der Waals surface area contributed by atoms with Crippen LogP contribution < -0.4 is 4.74 Å². The highest BCUT2D eigenvalue weighted by molar-refractivity contribution is 7.99. The second-order valence-electron chi connectivity index (χ2n) is 12.4. The Morgan fingerprint density at radius 3 is 2.02 bits per heavy atom. The Labute approximate surface area is 264 Å². The van der Waals surface area contributed by atoms with E-state index in [2.05, 4.69) is 45.0 Å². The van der Waals surface area contributed by atoms with Gasteiger partial charge in [0.15, 0.2) is 11.6 Å². The van der Waals surface area contributed by atoms with Crippen molar-refractivity contribution in [2.75, 3.05) is 6.61 Å². The molecule has 226 valence electrons. The highest BCUT2D eigenvalue weighted by Gasteiger charge is 2.34. The Morgan fingerprint density at radius 1 is 0.773 bits per heavy atom. The van der Waals surface area contributed by atoms with Crippen LogP contribution in [0.1, 0.15) is 94.8 Å². The van der Waals surface area contributed by atoms with Gasteiger partial charge in [-0.2, -0.15) is 0 Å². The fourth-order valence-electron chi connectivity index (χ4n) is 6.83. The third-order valence-corrected chi connectivity index (χ3v) is 10.4. The van der Waals surface area contributed by atoms with E-state index in [0.29, 0.717) is 21.9 Å². The van der Waals surface area contributed by atoms with Crippen LogP contribution in [0, 0.1) is 25.7 Å². The summed E-state index contributed by atoms with van der Waals surface area (Å²) in [5.74, 6) is 1.84. The lowest BCUT2D eigenvalue weighted by atomic mass is 9.80. The van der Waals surface area contributed by atoms with Crippen molar-refractivity contribution < 1.29 is 19.4 Å². The molecule has 1 saturated carbocycles. The van der Waals surface area contributed by atoms with Gasteiger partial charge in [0.2, 0.25) is 0 Å². The van der Waals surface area contributed by atoms with Crippen LogP contribution >= 0.6 is 11.8 Å². The van der Waals surface area contributed by atoms with E-state index in [1.165, 1.54) is 62.8 Å². The van der Waals surface area contributed by atoms with Gasteiger partial charge in [0.1, 0.15) is 11.5 Å². The van der Waals surface area contributed by atoms with Crippen molar-refractivity contribution in [3.05, 3.63) is 106 Å². The van der Waals surface area contributed by atoms with Crippen LogP contribution in [0.3, 0.4) is 0 Å². The molecule has 0 spiro atoms. The van der Waals surface area contributed by atoms with Gasteiger partial charge in [-0.25, -0.2) is 0 Å². The fourth-order valence-corrected chi connectivity index (χ4v) is 7.79. The van der Waals surface area contributed by atoms with E-state index in [9.17, 15) is 14.7 Å². The summed E-state index contributed by atoms with van der Waals surface area (Å²) in [6, 6.07) is 22.7. The third kappa shape index (κ3) is 6.08. The zero-order valence-corrected chi connectivity index (χ0v) is 26.6. The van der Waals surface area contributed by atoms with Crippen LogP contribution in [0.25, 0.3) is 11.1 Å². The molecule has 1 N–H and O–H groups in total. The first-order valence-electron chi connectivity index (χ1n) is 15.9. The minimum Gasteiger partial charge on any atom is -0.507 e. The van der Waals surface area contributed by atoms with Crippen molar-refractivity contribution in [1.29, 1.82) is 0 Å². The van der Waals surface area contributed by atoms with Crippen LogP contribution in [-0.2, 0) is 0 Å². The van der Waals surface area contributed by atoms with Gasteiger partial charge in [-0.05, 0) is 97.2 Å². The van der Waals surface area contributed by atoms with Crippen molar-refractivity contribution in [3.8, 4) is 22.6 Å². The van der Waals surface area contributed by atoms with Crippen molar-refractivity contribution in [2.45, 2.75) is 75.5 Å². The normalized spacial score (nSPS) is 17.7. The van der Waals surface area contributed by atoms with E-state index in [1.807, 2.05) is 12.1 Å². The Kier molecular flexibility index (Phi) is 8.95. The number of carbonyl (C=O) groups is 2. The van der Waals surface area contributed by atoms with Crippen molar-refractivity contribution in [2.24, 2.45) is 11.8 Å². The molecule has 0 heterocycles. The first-order chi connectivity index (χ1) is 21.3. The number of hydrogen-bond acceptors (Lipinski definition) is 5. The summed E-state index contributed by atoms with van der Waals surface area (Å²) in [5.41, 5.74) is 5.60.